The molecule has 0 aliphatic heterocycles. The van der Waals surface area contributed by atoms with Crippen LogP contribution in [0.2, 0.25) is 0 Å². The van der Waals surface area contributed by atoms with Gasteiger partial charge < -0.3 is 5.32 Å². The molecule has 1 aliphatic carbocycles. The summed E-state index contributed by atoms with van der Waals surface area (Å²) >= 11 is 0. The fourth-order valence-electron chi connectivity index (χ4n) is 2.96. The summed E-state index contributed by atoms with van der Waals surface area (Å²) in [4.78, 5) is 4.64. The molecule has 2 aromatic rings. The van der Waals surface area contributed by atoms with Crippen LogP contribution in [0.15, 0.2) is 24.3 Å². The first kappa shape index (κ1) is 13.6. The minimum absolute atomic E-state index is 0.925. The van der Waals surface area contributed by atoms with Gasteiger partial charge in [0.05, 0.1) is 0 Å². The summed E-state index contributed by atoms with van der Waals surface area (Å²) in [7, 11) is 0. The highest BCUT2D eigenvalue weighted by Crippen LogP contribution is 2.25. The Balaban J connectivity index is 1.74. The molecule has 0 bridgehead atoms. The summed E-state index contributed by atoms with van der Waals surface area (Å²) in [6.45, 7) is 6.43. The molecule has 2 heteroatoms. The SMILES string of the molecule is CCc1cc2cc(CNCC3CCC3)ccc2c(C)n1. The first-order valence-corrected chi connectivity index (χ1v) is 7.86. The normalized spacial score (nSPS) is 15.5. The Kier molecular flexibility index (Phi) is 4.02. The van der Waals surface area contributed by atoms with Crippen LogP contribution in [0, 0.1) is 12.8 Å². The molecule has 3 rings (SSSR count). The second-order valence-corrected chi connectivity index (χ2v) is 6.04. The molecule has 1 fully saturated rings. The van der Waals surface area contributed by atoms with Crippen LogP contribution < -0.4 is 5.32 Å². The Hall–Kier alpha value is -1.41. The first-order valence-electron chi connectivity index (χ1n) is 7.86. The highest BCUT2D eigenvalue weighted by atomic mass is 14.9. The molecule has 0 amide bonds. The van der Waals surface area contributed by atoms with Gasteiger partial charge in [0.2, 0.25) is 0 Å². The van der Waals surface area contributed by atoms with Gasteiger partial charge in [-0.3, -0.25) is 4.98 Å². The van der Waals surface area contributed by atoms with Crippen molar-refractivity contribution in [3.63, 3.8) is 0 Å². The lowest BCUT2D eigenvalue weighted by Crippen LogP contribution is -2.26. The monoisotopic (exact) mass is 268 g/mol. The summed E-state index contributed by atoms with van der Waals surface area (Å²) < 4.78 is 0. The maximum absolute atomic E-state index is 4.64. The highest BCUT2D eigenvalue weighted by Gasteiger charge is 2.16. The van der Waals surface area contributed by atoms with E-state index in [0.29, 0.717) is 0 Å². The van der Waals surface area contributed by atoms with Crippen LogP contribution in [0.3, 0.4) is 0 Å². The number of aryl methyl sites for hydroxylation is 2. The molecule has 0 unspecified atom stereocenters. The van der Waals surface area contributed by atoms with E-state index in [0.717, 1.165) is 24.6 Å². The van der Waals surface area contributed by atoms with Gasteiger partial charge in [-0.05, 0) is 61.7 Å². The van der Waals surface area contributed by atoms with Crippen molar-refractivity contribution in [2.24, 2.45) is 5.92 Å². The number of pyridine rings is 1. The molecule has 0 atom stereocenters. The molecule has 0 spiro atoms. The average molecular weight is 268 g/mol. The molecule has 2 nitrogen and oxygen atoms in total. The lowest BCUT2D eigenvalue weighted by molar-refractivity contribution is 0.301. The molecular formula is C18H24N2. The van der Waals surface area contributed by atoms with Crippen LogP contribution >= 0.6 is 0 Å². The predicted molar refractivity (Wildman–Crippen MR) is 84.9 cm³/mol. The summed E-state index contributed by atoms with van der Waals surface area (Å²) in [5.41, 5.74) is 3.72. The number of nitrogens with zero attached hydrogens (tertiary/aromatic N) is 1. The Bertz CT molecular complexity index is 600. The summed E-state index contributed by atoms with van der Waals surface area (Å²) in [6, 6.07) is 9.00. The number of aromatic nitrogens is 1. The summed E-state index contributed by atoms with van der Waals surface area (Å²) in [5, 5.41) is 6.21. The van der Waals surface area contributed by atoms with E-state index in [2.05, 4.69) is 48.4 Å². The zero-order valence-electron chi connectivity index (χ0n) is 12.6. The van der Waals surface area contributed by atoms with Crippen molar-refractivity contribution in [2.45, 2.75) is 46.1 Å². The smallest absolute Gasteiger partial charge is 0.0454 e. The van der Waals surface area contributed by atoms with Crippen LogP contribution in [0.4, 0.5) is 0 Å². The van der Waals surface area contributed by atoms with E-state index < -0.39 is 0 Å². The summed E-state index contributed by atoms with van der Waals surface area (Å²) in [6.07, 6.45) is 5.25. The van der Waals surface area contributed by atoms with Gasteiger partial charge in [-0.1, -0.05) is 25.5 Å². The van der Waals surface area contributed by atoms with Crippen LogP contribution in [0.25, 0.3) is 10.8 Å². The maximum Gasteiger partial charge on any atom is 0.0454 e. The fraction of sp³-hybridized carbons (Fsp3) is 0.500. The molecule has 20 heavy (non-hydrogen) atoms. The van der Waals surface area contributed by atoms with Crippen molar-refractivity contribution in [3.8, 4) is 0 Å². The van der Waals surface area contributed by atoms with Gasteiger partial charge in [0.25, 0.3) is 0 Å². The molecule has 0 radical (unpaired) electrons. The van der Waals surface area contributed by atoms with Crippen LogP contribution in [-0.2, 0) is 13.0 Å². The van der Waals surface area contributed by atoms with E-state index in [1.807, 2.05) is 0 Å². The molecule has 1 aromatic heterocycles. The maximum atomic E-state index is 4.64. The molecule has 1 heterocycles. The largest absolute Gasteiger partial charge is 0.312 e. The number of nitrogens with one attached hydrogen (secondary N) is 1. The number of benzene rings is 1. The molecule has 1 saturated carbocycles. The molecule has 1 aliphatic rings. The van der Waals surface area contributed by atoms with E-state index in [-0.39, 0.29) is 0 Å². The minimum atomic E-state index is 0.925. The number of rotatable bonds is 5. The molecule has 1 aromatic carbocycles. The number of hydrogen-bond acceptors (Lipinski definition) is 2. The molecule has 0 saturated heterocycles. The van der Waals surface area contributed by atoms with Crippen LogP contribution in [-0.4, -0.2) is 11.5 Å². The quantitative estimate of drug-likeness (QED) is 0.886. The van der Waals surface area contributed by atoms with E-state index in [1.165, 1.54) is 47.8 Å². The standard InChI is InChI=1S/C18H24N2/c1-3-17-10-16-9-15(7-8-18(16)13(2)20-17)12-19-11-14-5-4-6-14/h7-10,14,19H,3-6,11-12H2,1-2H3. The lowest BCUT2D eigenvalue weighted by Gasteiger charge is -2.25. The summed E-state index contributed by atoms with van der Waals surface area (Å²) in [5.74, 6) is 0.925. The number of fused-ring (bicyclic) bond motifs is 1. The third kappa shape index (κ3) is 2.85. The molecule has 1 N–H and O–H groups in total. The van der Waals surface area contributed by atoms with Crippen molar-refractivity contribution < 1.29 is 0 Å². The topological polar surface area (TPSA) is 24.9 Å². The first-order chi connectivity index (χ1) is 9.76. The number of hydrogen-bond donors (Lipinski definition) is 1. The lowest BCUT2D eigenvalue weighted by atomic mass is 9.85. The van der Waals surface area contributed by atoms with Gasteiger partial charge in [-0.25, -0.2) is 0 Å². The third-order valence-electron chi connectivity index (χ3n) is 4.49. The highest BCUT2D eigenvalue weighted by molar-refractivity contribution is 5.85. The van der Waals surface area contributed by atoms with Gasteiger partial charge >= 0.3 is 0 Å². The predicted octanol–water partition coefficient (Wildman–Crippen LogP) is 4.00. The van der Waals surface area contributed by atoms with E-state index in [9.17, 15) is 0 Å². The van der Waals surface area contributed by atoms with Crippen molar-refractivity contribution in [2.75, 3.05) is 6.54 Å². The van der Waals surface area contributed by atoms with Crippen LogP contribution in [0.1, 0.15) is 43.1 Å². The second kappa shape index (κ2) is 5.92. The Morgan fingerprint density at radius 2 is 2.10 bits per heavy atom. The van der Waals surface area contributed by atoms with Gasteiger partial charge in [0.1, 0.15) is 0 Å². The fourth-order valence-corrected chi connectivity index (χ4v) is 2.96. The average Bonchev–Trinajstić information content (AvgIpc) is 2.41. The van der Waals surface area contributed by atoms with Gasteiger partial charge in [-0.15, -0.1) is 0 Å². The van der Waals surface area contributed by atoms with Crippen molar-refractivity contribution in [3.05, 3.63) is 41.2 Å². The Morgan fingerprint density at radius 1 is 1.25 bits per heavy atom. The Morgan fingerprint density at radius 3 is 2.80 bits per heavy atom. The van der Waals surface area contributed by atoms with Gasteiger partial charge in [0, 0.05) is 23.3 Å². The van der Waals surface area contributed by atoms with E-state index >= 15 is 0 Å². The van der Waals surface area contributed by atoms with Crippen molar-refractivity contribution in [1.29, 1.82) is 0 Å². The van der Waals surface area contributed by atoms with Crippen LogP contribution in [0.5, 0.6) is 0 Å². The van der Waals surface area contributed by atoms with E-state index in [1.54, 1.807) is 0 Å². The van der Waals surface area contributed by atoms with Gasteiger partial charge in [-0.2, -0.15) is 0 Å². The van der Waals surface area contributed by atoms with E-state index in [4.69, 9.17) is 0 Å². The molecular weight excluding hydrogens is 244 g/mol. The van der Waals surface area contributed by atoms with Crippen molar-refractivity contribution >= 4 is 10.8 Å². The third-order valence-corrected chi connectivity index (χ3v) is 4.49. The minimum Gasteiger partial charge on any atom is -0.312 e. The van der Waals surface area contributed by atoms with Gasteiger partial charge in [0.15, 0.2) is 0 Å². The zero-order valence-corrected chi connectivity index (χ0v) is 12.6. The molecule has 106 valence electrons. The zero-order chi connectivity index (χ0) is 13.9. The second-order valence-electron chi connectivity index (χ2n) is 6.04. The van der Waals surface area contributed by atoms with Crippen molar-refractivity contribution in [1.82, 2.24) is 10.3 Å². The Labute approximate surface area is 121 Å².